The molecular formula is C16H19KO4S. The summed E-state index contributed by atoms with van der Waals surface area (Å²) in [5.41, 5.74) is 1.57. The number of rotatable bonds is 3. The molecule has 0 aliphatic heterocycles. The monoisotopic (exact) mass is 346 g/mol. The van der Waals surface area contributed by atoms with E-state index < -0.39 is 10.4 Å². The van der Waals surface area contributed by atoms with E-state index in [4.69, 9.17) is 0 Å². The Bertz CT molecular complexity index is 618. The Morgan fingerprint density at radius 2 is 1.41 bits per heavy atom. The average Bonchev–Trinajstić information content (AvgIpc) is 2.35. The predicted octanol–water partition coefficient (Wildman–Crippen LogP) is -0.00260. The van der Waals surface area contributed by atoms with Gasteiger partial charge in [0.2, 0.25) is 0 Å². The summed E-state index contributed by atoms with van der Waals surface area (Å²) >= 11 is 0. The quantitative estimate of drug-likeness (QED) is 0.439. The summed E-state index contributed by atoms with van der Waals surface area (Å²) in [5, 5.41) is 0. The van der Waals surface area contributed by atoms with Crippen LogP contribution in [0.5, 0.6) is 5.75 Å². The molecule has 0 unspecified atom stereocenters. The van der Waals surface area contributed by atoms with Crippen molar-refractivity contribution in [2.24, 2.45) is 17.8 Å². The average molecular weight is 346 g/mol. The Kier molecular flexibility index (Phi) is 4.85. The fraction of sp³-hybridized carbons (Fsp3) is 0.625. The standard InChI is InChI=1S/C16H20O4S.K/c17-21(18,19)20-15-3-1-14(2-4-15)16-8-11-5-12(9-16)7-13(6-11)10-16;/h1-4,11-13H,5-10H2,(H,17,18,19);/q;+1/p-1. The third-order valence-corrected chi connectivity index (χ3v) is 6.10. The van der Waals surface area contributed by atoms with E-state index in [0.717, 1.165) is 17.8 Å². The normalized spacial score (nSPS) is 36.0. The topological polar surface area (TPSA) is 66.4 Å². The van der Waals surface area contributed by atoms with Crippen LogP contribution in [0.3, 0.4) is 0 Å². The minimum absolute atomic E-state index is 0. The van der Waals surface area contributed by atoms with Gasteiger partial charge in [-0.05, 0) is 79.4 Å². The fourth-order valence-electron chi connectivity index (χ4n) is 5.45. The van der Waals surface area contributed by atoms with Crippen molar-refractivity contribution in [3.8, 4) is 5.75 Å². The van der Waals surface area contributed by atoms with Crippen molar-refractivity contribution in [2.75, 3.05) is 0 Å². The zero-order chi connectivity index (χ0) is 14.7. The Morgan fingerprint density at radius 1 is 0.955 bits per heavy atom. The van der Waals surface area contributed by atoms with Crippen molar-refractivity contribution in [2.45, 2.75) is 43.9 Å². The van der Waals surface area contributed by atoms with Crippen LogP contribution in [0.15, 0.2) is 24.3 Å². The van der Waals surface area contributed by atoms with Gasteiger partial charge < -0.3 is 8.74 Å². The Hall–Kier alpha value is 0.566. The summed E-state index contributed by atoms with van der Waals surface area (Å²) in [6.45, 7) is 0. The van der Waals surface area contributed by atoms with E-state index in [0.29, 0.717) is 0 Å². The van der Waals surface area contributed by atoms with Crippen LogP contribution < -0.4 is 55.6 Å². The Morgan fingerprint density at radius 3 is 1.82 bits per heavy atom. The summed E-state index contributed by atoms with van der Waals surface area (Å²) in [7, 11) is -4.68. The van der Waals surface area contributed by atoms with Gasteiger partial charge in [0.25, 0.3) is 10.4 Å². The Balaban J connectivity index is 0.00000144. The van der Waals surface area contributed by atoms with Crippen LogP contribution in [-0.4, -0.2) is 13.0 Å². The van der Waals surface area contributed by atoms with Crippen LogP contribution in [-0.2, 0) is 15.8 Å². The van der Waals surface area contributed by atoms with E-state index >= 15 is 0 Å². The minimum Gasteiger partial charge on any atom is -0.716 e. The van der Waals surface area contributed by atoms with Crippen LogP contribution >= 0.6 is 0 Å². The van der Waals surface area contributed by atoms with E-state index in [9.17, 15) is 13.0 Å². The second-order valence-electron chi connectivity index (χ2n) is 7.21. The van der Waals surface area contributed by atoms with Gasteiger partial charge in [0.05, 0.1) is 0 Å². The number of hydrogen-bond acceptors (Lipinski definition) is 4. The summed E-state index contributed by atoms with van der Waals surface area (Å²) < 4.78 is 36.3. The summed E-state index contributed by atoms with van der Waals surface area (Å²) in [4.78, 5) is 0. The second-order valence-corrected chi connectivity index (χ2v) is 8.20. The third-order valence-electron chi connectivity index (χ3n) is 5.70. The van der Waals surface area contributed by atoms with Crippen LogP contribution in [0.1, 0.15) is 44.1 Å². The zero-order valence-electron chi connectivity index (χ0n) is 12.8. The van der Waals surface area contributed by atoms with E-state index in [1.807, 2.05) is 12.1 Å². The van der Waals surface area contributed by atoms with E-state index in [1.54, 1.807) is 12.1 Å². The summed E-state index contributed by atoms with van der Waals surface area (Å²) in [5.74, 6) is 2.72. The first-order valence-electron chi connectivity index (χ1n) is 7.68. The molecule has 4 bridgehead atoms. The molecule has 0 radical (unpaired) electrons. The molecule has 0 amide bonds. The van der Waals surface area contributed by atoms with E-state index in [2.05, 4.69) is 4.18 Å². The zero-order valence-corrected chi connectivity index (χ0v) is 16.8. The van der Waals surface area contributed by atoms with Crippen molar-refractivity contribution in [3.63, 3.8) is 0 Å². The number of hydrogen-bond donors (Lipinski definition) is 0. The largest absolute Gasteiger partial charge is 1.00 e. The molecular weight excluding hydrogens is 327 g/mol. The molecule has 4 nitrogen and oxygen atoms in total. The fourth-order valence-corrected chi connectivity index (χ4v) is 5.79. The molecule has 0 N–H and O–H groups in total. The molecule has 1 aromatic carbocycles. The number of benzene rings is 1. The third kappa shape index (κ3) is 3.34. The van der Waals surface area contributed by atoms with Gasteiger partial charge in [0.1, 0.15) is 5.75 Å². The van der Waals surface area contributed by atoms with Gasteiger partial charge in [-0.3, -0.25) is 0 Å². The first-order chi connectivity index (χ1) is 9.92. The molecule has 0 spiro atoms. The van der Waals surface area contributed by atoms with Gasteiger partial charge >= 0.3 is 51.4 Å². The second kappa shape index (κ2) is 6.13. The molecule has 4 aliphatic carbocycles. The maximum atomic E-state index is 10.6. The maximum absolute atomic E-state index is 10.6. The van der Waals surface area contributed by atoms with Crippen LogP contribution in [0.4, 0.5) is 0 Å². The molecule has 114 valence electrons. The summed E-state index contributed by atoms with van der Waals surface area (Å²) in [6, 6.07) is 7.13. The minimum atomic E-state index is -4.68. The molecule has 4 saturated carbocycles. The van der Waals surface area contributed by atoms with Gasteiger partial charge in [-0.25, -0.2) is 8.42 Å². The van der Waals surface area contributed by atoms with Crippen molar-refractivity contribution < 1.29 is 68.5 Å². The molecule has 4 fully saturated rings. The van der Waals surface area contributed by atoms with Gasteiger partial charge in [0.15, 0.2) is 0 Å². The van der Waals surface area contributed by atoms with Gasteiger partial charge in [-0.15, -0.1) is 0 Å². The van der Waals surface area contributed by atoms with Crippen LogP contribution in [0.2, 0.25) is 0 Å². The van der Waals surface area contributed by atoms with Gasteiger partial charge in [-0.2, -0.15) is 0 Å². The van der Waals surface area contributed by atoms with Crippen molar-refractivity contribution in [1.29, 1.82) is 0 Å². The molecule has 5 rings (SSSR count). The smallest absolute Gasteiger partial charge is 0.716 e. The molecule has 4 aliphatic rings. The SMILES string of the molecule is O=S(=O)([O-])Oc1ccc(C23CC4CC(CC(C4)C2)C3)cc1.[K+]. The molecule has 22 heavy (non-hydrogen) atoms. The van der Waals surface area contributed by atoms with Gasteiger partial charge in [0, 0.05) is 0 Å². The Labute approximate surface area is 174 Å². The molecule has 0 aromatic heterocycles. The maximum Gasteiger partial charge on any atom is 1.00 e. The summed E-state index contributed by atoms with van der Waals surface area (Å²) in [6.07, 6.45) is 7.98. The molecule has 0 atom stereocenters. The molecule has 1 aromatic rings. The predicted molar refractivity (Wildman–Crippen MR) is 76.6 cm³/mol. The first-order valence-corrected chi connectivity index (χ1v) is 9.01. The molecule has 0 saturated heterocycles. The first kappa shape index (κ1) is 17.4. The van der Waals surface area contributed by atoms with Crippen LogP contribution in [0.25, 0.3) is 0 Å². The van der Waals surface area contributed by atoms with E-state index in [1.165, 1.54) is 44.1 Å². The van der Waals surface area contributed by atoms with Crippen molar-refractivity contribution in [1.82, 2.24) is 0 Å². The van der Waals surface area contributed by atoms with Crippen molar-refractivity contribution in [3.05, 3.63) is 29.8 Å². The molecule has 6 heteroatoms. The van der Waals surface area contributed by atoms with E-state index in [-0.39, 0.29) is 62.5 Å². The van der Waals surface area contributed by atoms with Gasteiger partial charge in [-0.1, -0.05) is 12.1 Å². The molecule has 0 heterocycles. The van der Waals surface area contributed by atoms with Crippen molar-refractivity contribution >= 4 is 10.4 Å². The van der Waals surface area contributed by atoms with Crippen LogP contribution in [0, 0.1) is 17.8 Å².